The summed E-state index contributed by atoms with van der Waals surface area (Å²) < 4.78 is 33.9. The SMILES string of the molecule is Cc1cc(-n2c(C)cc(OCc3ncc(F)cc3F)c(C)c2=O)c(C)cn1. The molecule has 3 rings (SSSR count). The van der Waals surface area contributed by atoms with Gasteiger partial charge in [-0.1, -0.05) is 0 Å². The van der Waals surface area contributed by atoms with E-state index in [1.54, 1.807) is 30.7 Å². The second kappa shape index (κ2) is 7.26. The van der Waals surface area contributed by atoms with Crippen molar-refractivity contribution in [2.24, 2.45) is 0 Å². The standard InChI is InChI=1S/C20H19F2N3O2/c1-11-8-23-12(2)5-18(11)25-13(3)6-19(14(4)20(25)26)27-10-17-16(22)7-15(21)9-24-17/h5-9H,10H2,1-4H3. The van der Waals surface area contributed by atoms with Crippen molar-refractivity contribution in [3.8, 4) is 11.4 Å². The summed E-state index contributed by atoms with van der Waals surface area (Å²) in [6.07, 6.45) is 2.64. The summed E-state index contributed by atoms with van der Waals surface area (Å²) >= 11 is 0. The molecule has 0 bridgehead atoms. The van der Waals surface area contributed by atoms with E-state index in [0.29, 0.717) is 17.0 Å². The number of hydrogen-bond acceptors (Lipinski definition) is 4. The molecule has 140 valence electrons. The Kier molecular flexibility index (Phi) is 5.03. The fourth-order valence-electron chi connectivity index (χ4n) is 2.79. The first kappa shape index (κ1) is 18.7. The highest BCUT2D eigenvalue weighted by Gasteiger charge is 2.15. The smallest absolute Gasteiger partial charge is 0.261 e. The Hall–Kier alpha value is -3.09. The van der Waals surface area contributed by atoms with Crippen LogP contribution >= 0.6 is 0 Å². The molecule has 0 amide bonds. The molecule has 3 aromatic heterocycles. The largest absolute Gasteiger partial charge is 0.487 e. The van der Waals surface area contributed by atoms with Gasteiger partial charge in [0.1, 0.15) is 23.9 Å². The molecule has 3 heterocycles. The predicted octanol–water partition coefficient (Wildman–Crippen LogP) is 3.72. The molecule has 0 spiro atoms. The molecule has 0 saturated heterocycles. The molecule has 0 radical (unpaired) electrons. The lowest BCUT2D eigenvalue weighted by atomic mass is 10.1. The zero-order chi connectivity index (χ0) is 19.7. The van der Waals surface area contributed by atoms with Crippen LogP contribution in [0.15, 0.2) is 35.4 Å². The second-order valence-corrected chi connectivity index (χ2v) is 6.40. The fourth-order valence-corrected chi connectivity index (χ4v) is 2.79. The van der Waals surface area contributed by atoms with E-state index < -0.39 is 11.6 Å². The van der Waals surface area contributed by atoms with Gasteiger partial charge in [0.15, 0.2) is 5.82 Å². The molecule has 0 N–H and O–H groups in total. The lowest BCUT2D eigenvalue weighted by Gasteiger charge is -2.17. The number of aryl methyl sites for hydroxylation is 3. The van der Waals surface area contributed by atoms with Crippen LogP contribution in [0.1, 0.15) is 28.2 Å². The Balaban J connectivity index is 1.98. The minimum Gasteiger partial charge on any atom is -0.487 e. The monoisotopic (exact) mass is 371 g/mol. The summed E-state index contributed by atoms with van der Waals surface area (Å²) in [7, 11) is 0. The van der Waals surface area contributed by atoms with Crippen molar-refractivity contribution in [1.29, 1.82) is 0 Å². The van der Waals surface area contributed by atoms with Gasteiger partial charge in [0.2, 0.25) is 0 Å². The van der Waals surface area contributed by atoms with Gasteiger partial charge in [-0.05, 0) is 39.3 Å². The summed E-state index contributed by atoms with van der Waals surface area (Å²) in [6.45, 7) is 6.97. The number of pyridine rings is 3. The van der Waals surface area contributed by atoms with Gasteiger partial charge in [-0.3, -0.25) is 19.3 Å². The van der Waals surface area contributed by atoms with Gasteiger partial charge in [0.25, 0.3) is 5.56 Å². The van der Waals surface area contributed by atoms with Crippen LogP contribution in [0, 0.1) is 39.3 Å². The minimum atomic E-state index is -0.791. The zero-order valence-corrected chi connectivity index (χ0v) is 15.5. The van der Waals surface area contributed by atoms with E-state index in [9.17, 15) is 13.6 Å². The van der Waals surface area contributed by atoms with Crippen molar-refractivity contribution in [3.63, 3.8) is 0 Å². The maximum absolute atomic E-state index is 13.7. The van der Waals surface area contributed by atoms with Crippen molar-refractivity contribution in [2.45, 2.75) is 34.3 Å². The van der Waals surface area contributed by atoms with Gasteiger partial charge in [0, 0.05) is 29.7 Å². The Morgan fingerprint density at radius 2 is 1.78 bits per heavy atom. The Labute approximate surface area is 155 Å². The first-order valence-corrected chi connectivity index (χ1v) is 8.37. The van der Waals surface area contributed by atoms with Crippen LogP contribution in [-0.2, 0) is 6.61 Å². The van der Waals surface area contributed by atoms with E-state index >= 15 is 0 Å². The summed E-state index contributed by atoms with van der Waals surface area (Å²) in [5.41, 5.74) is 3.23. The van der Waals surface area contributed by atoms with E-state index in [-0.39, 0.29) is 17.9 Å². The zero-order valence-electron chi connectivity index (χ0n) is 15.5. The molecule has 0 aliphatic carbocycles. The van der Waals surface area contributed by atoms with Crippen LogP contribution in [0.5, 0.6) is 5.75 Å². The number of rotatable bonds is 4. The molecule has 0 aromatic carbocycles. The maximum atomic E-state index is 13.7. The third-order valence-electron chi connectivity index (χ3n) is 4.29. The Morgan fingerprint density at radius 1 is 1.04 bits per heavy atom. The van der Waals surface area contributed by atoms with E-state index in [2.05, 4.69) is 9.97 Å². The predicted molar refractivity (Wildman–Crippen MR) is 97.3 cm³/mol. The fraction of sp³-hybridized carbons (Fsp3) is 0.250. The minimum absolute atomic E-state index is 0.0294. The molecule has 27 heavy (non-hydrogen) atoms. The van der Waals surface area contributed by atoms with Gasteiger partial charge in [-0.2, -0.15) is 0 Å². The topological polar surface area (TPSA) is 57.0 Å². The molecular formula is C20H19F2N3O2. The molecule has 0 unspecified atom stereocenters. The average Bonchev–Trinajstić information content (AvgIpc) is 2.61. The van der Waals surface area contributed by atoms with E-state index in [0.717, 1.165) is 29.2 Å². The second-order valence-electron chi connectivity index (χ2n) is 6.40. The van der Waals surface area contributed by atoms with Crippen LogP contribution in [0.25, 0.3) is 5.69 Å². The molecule has 5 nitrogen and oxygen atoms in total. The van der Waals surface area contributed by atoms with E-state index in [4.69, 9.17) is 4.74 Å². The van der Waals surface area contributed by atoms with Gasteiger partial charge in [-0.25, -0.2) is 8.78 Å². The van der Waals surface area contributed by atoms with Crippen LogP contribution in [-0.4, -0.2) is 14.5 Å². The molecule has 0 fully saturated rings. The molecular weight excluding hydrogens is 352 g/mol. The highest BCUT2D eigenvalue weighted by Crippen LogP contribution is 2.22. The van der Waals surface area contributed by atoms with Crippen molar-refractivity contribution < 1.29 is 13.5 Å². The molecule has 7 heteroatoms. The number of ether oxygens (including phenoxy) is 1. The number of hydrogen-bond donors (Lipinski definition) is 0. The Bertz CT molecular complexity index is 1080. The number of nitrogens with zero attached hydrogens (tertiary/aromatic N) is 3. The average molecular weight is 371 g/mol. The van der Waals surface area contributed by atoms with Crippen LogP contribution < -0.4 is 10.3 Å². The lowest BCUT2D eigenvalue weighted by Crippen LogP contribution is -2.24. The van der Waals surface area contributed by atoms with Gasteiger partial charge in [-0.15, -0.1) is 0 Å². The highest BCUT2D eigenvalue weighted by molar-refractivity contribution is 5.45. The lowest BCUT2D eigenvalue weighted by molar-refractivity contribution is 0.290. The summed E-state index contributed by atoms with van der Waals surface area (Å²) in [5.74, 6) is -1.21. The molecule has 0 atom stereocenters. The van der Waals surface area contributed by atoms with Crippen molar-refractivity contribution in [1.82, 2.24) is 14.5 Å². The van der Waals surface area contributed by atoms with Crippen molar-refractivity contribution in [2.75, 3.05) is 0 Å². The van der Waals surface area contributed by atoms with Gasteiger partial charge in [0.05, 0.1) is 17.4 Å². The Morgan fingerprint density at radius 3 is 2.48 bits per heavy atom. The van der Waals surface area contributed by atoms with E-state index in [1.165, 1.54) is 0 Å². The van der Waals surface area contributed by atoms with Crippen molar-refractivity contribution >= 4 is 0 Å². The molecule has 0 aliphatic rings. The van der Waals surface area contributed by atoms with Gasteiger partial charge < -0.3 is 4.74 Å². The molecule has 0 saturated carbocycles. The third-order valence-corrected chi connectivity index (χ3v) is 4.29. The summed E-state index contributed by atoms with van der Waals surface area (Å²) in [4.78, 5) is 20.8. The van der Waals surface area contributed by atoms with Gasteiger partial charge >= 0.3 is 0 Å². The summed E-state index contributed by atoms with van der Waals surface area (Å²) in [6, 6.07) is 4.31. The quantitative estimate of drug-likeness (QED) is 0.701. The van der Waals surface area contributed by atoms with Crippen LogP contribution in [0.3, 0.4) is 0 Å². The highest BCUT2D eigenvalue weighted by atomic mass is 19.1. The summed E-state index contributed by atoms with van der Waals surface area (Å²) in [5, 5.41) is 0. The van der Waals surface area contributed by atoms with E-state index in [1.807, 2.05) is 19.9 Å². The first-order valence-electron chi connectivity index (χ1n) is 8.37. The van der Waals surface area contributed by atoms with Crippen LogP contribution in [0.2, 0.25) is 0 Å². The number of halogens is 2. The first-order chi connectivity index (χ1) is 12.8. The molecule has 0 aliphatic heterocycles. The van der Waals surface area contributed by atoms with Crippen molar-refractivity contribution in [3.05, 3.63) is 80.8 Å². The number of aromatic nitrogens is 3. The molecule has 3 aromatic rings. The maximum Gasteiger partial charge on any atom is 0.261 e. The third kappa shape index (κ3) is 3.72. The normalized spacial score (nSPS) is 10.9. The van der Waals surface area contributed by atoms with Crippen LogP contribution in [0.4, 0.5) is 8.78 Å².